The minimum atomic E-state index is -3.27. The number of hydrogen-bond acceptors (Lipinski definition) is 6. The van der Waals surface area contributed by atoms with Gasteiger partial charge in [0.15, 0.2) is 5.82 Å². The van der Waals surface area contributed by atoms with Gasteiger partial charge in [0.25, 0.3) is 0 Å². The van der Waals surface area contributed by atoms with Crippen molar-refractivity contribution in [2.45, 2.75) is 44.6 Å². The van der Waals surface area contributed by atoms with E-state index < -0.39 is 15.6 Å². The molecule has 0 spiro atoms. The van der Waals surface area contributed by atoms with E-state index in [2.05, 4.69) is 10.1 Å². The van der Waals surface area contributed by atoms with Gasteiger partial charge in [0.1, 0.15) is 0 Å². The Morgan fingerprint density at radius 2 is 2.24 bits per heavy atom. The van der Waals surface area contributed by atoms with Crippen LogP contribution in [0.15, 0.2) is 4.52 Å². The van der Waals surface area contributed by atoms with Crippen LogP contribution < -0.4 is 0 Å². The summed E-state index contributed by atoms with van der Waals surface area (Å²) in [6.45, 7) is 2.31. The molecular weight excluding hydrogens is 294 g/mol. The van der Waals surface area contributed by atoms with Gasteiger partial charge in [-0.3, -0.25) is 0 Å². The molecule has 1 atom stereocenters. The Morgan fingerprint density at radius 1 is 1.48 bits per heavy atom. The van der Waals surface area contributed by atoms with Crippen molar-refractivity contribution in [1.82, 2.24) is 14.4 Å². The molecule has 0 aromatic carbocycles. The van der Waals surface area contributed by atoms with Crippen LogP contribution in [-0.4, -0.2) is 52.4 Å². The number of hydrogen-bond donors (Lipinski definition) is 1. The average Bonchev–Trinajstić information content (AvgIpc) is 3.10. The SMILES string of the molecule is Cc1noc(CC2(O)CCCN(S(=O)(=O)CC3CC3)C2)n1. The Morgan fingerprint density at radius 3 is 2.86 bits per heavy atom. The molecule has 1 N–H and O–H groups in total. The molecule has 21 heavy (non-hydrogen) atoms. The van der Waals surface area contributed by atoms with Gasteiger partial charge >= 0.3 is 0 Å². The Kier molecular flexibility index (Phi) is 3.79. The molecule has 2 aliphatic rings. The average molecular weight is 315 g/mol. The predicted octanol–water partition coefficient (Wildman–Crippen LogP) is 0.487. The van der Waals surface area contributed by atoms with E-state index in [0.717, 1.165) is 12.8 Å². The standard InChI is InChI=1S/C13H21N3O4S/c1-10-14-12(20-15-10)7-13(17)5-2-6-16(9-13)21(18,19)8-11-3-4-11/h11,17H,2-9H2,1H3. The molecule has 1 aliphatic carbocycles. The first kappa shape index (κ1) is 14.9. The fraction of sp³-hybridized carbons (Fsp3) is 0.846. The summed E-state index contributed by atoms with van der Waals surface area (Å²) < 4.78 is 31.2. The number of aliphatic hydroxyl groups is 1. The Hall–Kier alpha value is -0.990. The maximum absolute atomic E-state index is 12.3. The Labute approximate surface area is 124 Å². The van der Waals surface area contributed by atoms with Crippen molar-refractivity contribution >= 4 is 10.0 Å². The third-order valence-corrected chi connectivity index (χ3v) is 6.10. The second kappa shape index (κ2) is 5.33. The maximum Gasteiger partial charge on any atom is 0.229 e. The van der Waals surface area contributed by atoms with Crippen molar-refractivity contribution in [2.24, 2.45) is 5.92 Å². The number of nitrogens with zero attached hydrogens (tertiary/aromatic N) is 3. The van der Waals surface area contributed by atoms with E-state index >= 15 is 0 Å². The summed E-state index contributed by atoms with van der Waals surface area (Å²) in [5, 5.41) is 14.4. The fourth-order valence-electron chi connectivity index (χ4n) is 2.83. The molecule has 1 aromatic rings. The number of sulfonamides is 1. The van der Waals surface area contributed by atoms with Crippen molar-refractivity contribution in [3.63, 3.8) is 0 Å². The van der Waals surface area contributed by atoms with Gasteiger partial charge in [-0.1, -0.05) is 5.16 Å². The number of piperidine rings is 1. The summed E-state index contributed by atoms with van der Waals surface area (Å²) in [7, 11) is -3.27. The number of rotatable bonds is 5. The van der Waals surface area contributed by atoms with Crippen molar-refractivity contribution in [2.75, 3.05) is 18.8 Å². The van der Waals surface area contributed by atoms with Crippen LogP contribution in [0.2, 0.25) is 0 Å². The molecule has 2 fully saturated rings. The van der Waals surface area contributed by atoms with E-state index in [1.54, 1.807) is 6.92 Å². The Balaban J connectivity index is 1.69. The van der Waals surface area contributed by atoms with E-state index in [-0.39, 0.29) is 18.7 Å². The molecule has 8 heteroatoms. The zero-order valence-corrected chi connectivity index (χ0v) is 13.0. The van der Waals surface area contributed by atoms with Crippen LogP contribution in [0, 0.1) is 12.8 Å². The molecule has 0 radical (unpaired) electrons. The number of β-amino-alcohol motifs (C(OH)–C–C–N with tert-alkyl or cyclic N) is 1. The highest BCUT2D eigenvalue weighted by Crippen LogP contribution is 2.33. The summed E-state index contributed by atoms with van der Waals surface area (Å²) in [4.78, 5) is 4.09. The second-order valence-electron chi connectivity index (χ2n) is 6.30. The molecule has 1 saturated heterocycles. The third-order valence-electron chi connectivity index (χ3n) is 4.11. The molecule has 0 bridgehead atoms. The van der Waals surface area contributed by atoms with Gasteiger partial charge in [0.05, 0.1) is 17.8 Å². The van der Waals surface area contributed by atoms with Crippen LogP contribution in [0.5, 0.6) is 0 Å². The fourth-order valence-corrected chi connectivity index (χ4v) is 4.82. The zero-order chi connectivity index (χ0) is 15.1. The third kappa shape index (κ3) is 3.61. The molecule has 1 aliphatic heterocycles. The first-order valence-electron chi connectivity index (χ1n) is 7.36. The summed E-state index contributed by atoms with van der Waals surface area (Å²) >= 11 is 0. The predicted molar refractivity (Wildman–Crippen MR) is 75.0 cm³/mol. The molecular formula is C13H21N3O4S. The van der Waals surface area contributed by atoms with E-state index in [9.17, 15) is 13.5 Å². The first-order chi connectivity index (χ1) is 9.86. The number of aromatic nitrogens is 2. The van der Waals surface area contributed by atoms with Crippen LogP contribution in [-0.2, 0) is 16.4 Å². The number of aryl methyl sites for hydroxylation is 1. The van der Waals surface area contributed by atoms with E-state index in [1.165, 1.54) is 4.31 Å². The molecule has 2 heterocycles. The molecule has 0 amide bonds. The lowest BCUT2D eigenvalue weighted by atomic mass is 9.91. The van der Waals surface area contributed by atoms with Gasteiger partial charge in [-0.15, -0.1) is 0 Å². The van der Waals surface area contributed by atoms with E-state index in [1.807, 2.05) is 0 Å². The van der Waals surface area contributed by atoms with Crippen LogP contribution in [0.4, 0.5) is 0 Å². The van der Waals surface area contributed by atoms with E-state index in [4.69, 9.17) is 4.52 Å². The first-order valence-corrected chi connectivity index (χ1v) is 8.97. The lowest BCUT2D eigenvalue weighted by Crippen LogP contribution is -2.52. The highest BCUT2D eigenvalue weighted by Gasteiger charge is 2.41. The summed E-state index contributed by atoms with van der Waals surface area (Å²) in [6.07, 6.45) is 3.39. The van der Waals surface area contributed by atoms with Crippen molar-refractivity contribution in [3.8, 4) is 0 Å². The molecule has 3 rings (SSSR count). The quantitative estimate of drug-likeness (QED) is 0.849. The maximum atomic E-state index is 12.3. The van der Waals surface area contributed by atoms with Crippen molar-refractivity contribution < 1.29 is 18.0 Å². The van der Waals surface area contributed by atoms with Gasteiger partial charge in [0.2, 0.25) is 15.9 Å². The second-order valence-corrected chi connectivity index (χ2v) is 8.31. The highest BCUT2D eigenvalue weighted by molar-refractivity contribution is 7.89. The summed E-state index contributed by atoms with van der Waals surface area (Å²) in [5.74, 6) is 1.39. The molecule has 118 valence electrons. The monoisotopic (exact) mass is 315 g/mol. The molecule has 1 unspecified atom stereocenters. The highest BCUT2D eigenvalue weighted by atomic mass is 32.2. The van der Waals surface area contributed by atoms with Crippen LogP contribution in [0.1, 0.15) is 37.4 Å². The lowest BCUT2D eigenvalue weighted by molar-refractivity contribution is -0.0129. The minimum absolute atomic E-state index is 0.115. The van der Waals surface area contributed by atoms with Gasteiger partial charge in [-0.2, -0.15) is 9.29 Å². The van der Waals surface area contributed by atoms with Crippen molar-refractivity contribution in [1.29, 1.82) is 0 Å². The normalized spacial score (nSPS) is 27.9. The molecule has 1 saturated carbocycles. The smallest absolute Gasteiger partial charge is 0.229 e. The summed E-state index contributed by atoms with van der Waals surface area (Å²) in [5.41, 5.74) is -1.12. The molecule has 7 nitrogen and oxygen atoms in total. The topological polar surface area (TPSA) is 96.5 Å². The van der Waals surface area contributed by atoms with Gasteiger partial charge in [0, 0.05) is 13.1 Å². The lowest BCUT2D eigenvalue weighted by Gasteiger charge is -2.37. The van der Waals surface area contributed by atoms with Crippen LogP contribution in [0.3, 0.4) is 0 Å². The zero-order valence-electron chi connectivity index (χ0n) is 12.2. The van der Waals surface area contributed by atoms with Crippen molar-refractivity contribution in [3.05, 3.63) is 11.7 Å². The van der Waals surface area contributed by atoms with Crippen LogP contribution in [0.25, 0.3) is 0 Å². The Bertz CT molecular complexity index is 611. The minimum Gasteiger partial charge on any atom is -0.388 e. The van der Waals surface area contributed by atoms with Gasteiger partial charge < -0.3 is 9.63 Å². The van der Waals surface area contributed by atoms with Gasteiger partial charge in [-0.05, 0) is 38.5 Å². The summed E-state index contributed by atoms with van der Waals surface area (Å²) in [6, 6.07) is 0. The molecule has 1 aromatic heterocycles. The van der Waals surface area contributed by atoms with Crippen LogP contribution >= 0.6 is 0 Å². The van der Waals surface area contributed by atoms with E-state index in [0.29, 0.717) is 37.0 Å². The largest absolute Gasteiger partial charge is 0.388 e. The van der Waals surface area contributed by atoms with Gasteiger partial charge in [-0.25, -0.2) is 8.42 Å².